The Morgan fingerprint density at radius 3 is 1.36 bits per heavy atom. The first-order valence-electron chi connectivity index (χ1n) is 30.1. The number of carboxylic acid groups (broad SMARTS) is 1. The fourth-order valence-corrected chi connectivity index (χ4v) is 11.6. The number of carbonyl (C=O) groups is 4. The van der Waals surface area contributed by atoms with Crippen LogP contribution in [0.3, 0.4) is 0 Å². The first kappa shape index (κ1) is 63.4. The van der Waals surface area contributed by atoms with Crippen molar-refractivity contribution in [2.45, 2.75) is 131 Å². The number of carboxylic acids is 1. The summed E-state index contributed by atoms with van der Waals surface area (Å²) < 4.78 is 37.8. The summed E-state index contributed by atoms with van der Waals surface area (Å²) in [5, 5.41) is 22.6. The number of aromatic carboxylic acids is 1. The molecule has 0 atom stereocenters. The van der Waals surface area contributed by atoms with E-state index in [0.717, 1.165) is 74.1 Å². The van der Waals surface area contributed by atoms with E-state index in [9.17, 15) is 33.9 Å². The highest BCUT2D eigenvalue weighted by Gasteiger charge is 2.34. The van der Waals surface area contributed by atoms with Gasteiger partial charge in [0.15, 0.2) is 23.0 Å². The smallest absolute Gasteiger partial charge is 0.410 e. The molecule has 2 saturated heterocycles. The van der Waals surface area contributed by atoms with E-state index in [1.807, 2.05) is 132 Å². The molecule has 2 aromatic heterocycles. The molecule has 10 rings (SSSR count). The van der Waals surface area contributed by atoms with Gasteiger partial charge in [0.1, 0.15) is 37.6 Å². The van der Waals surface area contributed by atoms with Crippen molar-refractivity contribution in [3.05, 3.63) is 139 Å². The SMILES string of the molecule is Cc1ccc2c(C(=O)NCCO)cc(=O)n(CCN3CCC(N(Cc4ccc5c(c4)OCCO5)C(=O)OC(C)(C)C)CC3)c2c1.Cc1ccc2c(C(=O)O)cc(=O)n(CCN3CCC(N(Cc4ccc5c(c4)OCCO5)C(=O)OC(C)(C)C)CC3)c2c1. The third-order valence-corrected chi connectivity index (χ3v) is 15.9. The molecule has 0 aliphatic carbocycles. The quantitative estimate of drug-likeness (QED) is 0.0826. The highest BCUT2D eigenvalue weighted by Crippen LogP contribution is 2.34. The molecule has 3 amide bonds. The van der Waals surface area contributed by atoms with Crippen LogP contribution in [0.1, 0.15) is 110 Å². The molecular formula is C66H83N7O14. The number of nitrogens with one attached hydrogen (secondary N) is 1. The van der Waals surface area contributed by atoms with Gasteiger partial charge in [-0.15, -0.1) is 0 Å². The van der Waals surface area contributed by atoms with Gasteiger partial charge >= 0.3 is 18.2 Å². The van der Waals surface area contributed by atoms with Crippen molar-refractivity contribution in [3.8, 4) is 23.0 Å². The largest absolute Gasteiger partial charge is 0.486 e. The third-order valence-electron chi connectivity index (χ3n) is 15.9. The second kappa shape index (κ2) is 27.7. The first-order chi connectivity index (χ1) is 41.5. The minimum atomic E-state index is -1.11. The summed E-state index contributed by atoms with van der Waals surface area (Å²) >= 11 is 0. The molecule has 0 unspecified atom stereocenters. The Hall–Kier alpha value is -8.14. The number of fused-ring (bicyclic) bond motifs is 4. The molecule has 4 aliphatic rings. The number of likely N-dealkylation sites (tertiary alicyclic amines) is 2. The van der Waals surface area contributed by atoms with E-state index in [1.54, 1.807) is 15.2 Å². The average Bonchev–Trinajstić information content (AvgIpc) is 1.28. The number of pyridine rings is 2. The van der Waals surface area contributed by atoms with Crippen molar-refractivity contribution in [1.82, 2.24) is 34.1 Å². The zero-order valence-corrected chi connectivity index (χ0v) is 51.4. The lowest BCUT2D eigenvalue weighted by molar-refractivity contribution is 0.00468. The van der Waals surface area contributed by atoms with Crippen molar-refractivity contribution < 1.29 is 57.8 Å². The predicted molar refractivity (Wildman–Crippen MR) is 330 cm³/mol. The number of aromatic nitrogens is 2. The fraction of sp³-hybridized carbons (Fsp3) is 0.485. The minimum absolute atomic E-state index is 0.00720. The molecule has 466 valence electrons. The highest BCUT2D eigenvalue weighted by molar-refractivity contribution is 6.06. The number of aliphatic hydroxyl groups excluding tert-OH is 1. The number of nitrogens with zero attached hydrogens (tertiary/aromatic N) is 6. The zero-order chi connectivity index (χ0) is 62.2. The van der Waals surface area contributed by atoms with Crippen LogP contribution in [0.5, 0.6) is 23.0 Å². The molecule has 4 aliphatic heterocycles. The Bertz CT molecular complexity index is 3590. The van der Waals surface area contributed by atoms with E-state index >= 15 is 0 Å². The minimum Gasteiger partial charge on any atom is -0.486 e. The molecule has 21 nitrogen and oxygen atoms in total. The van der Waals surface area contributed by atoms with Crippen LogP contribution in [-0.2, 0) is 35.7 Å². The molecule has 2 fully saturated rings. The maximum Gasteiger partial charge on any atom is 0.410 e. The normalized spacial score (nSPS) is 15.7. The van der Waals surface area contributed by atoms with E-state index < -0.39 is 17.2 Å². The van der Waals surface area contributed by atoms with E-state index in [1.165, 1.54) is 12.1 Å². The Labute approximate surface area is 507 Å². The Morgan fingerprint density at radius 2 is 0.954 bits per heavy atom. The zero-order valence-electron chi connectivity index (χ0n) is 51.4. The van der Waals surface area contributed by atoms with Gasteiger partial charge in [0, 0.05) is 107 Å². The van der Waals surface area contributed by atoms with E-state index in [0.29, 0.717) is 116 Å². The van der Waals surface area contributed by atoms with Crippen molar-refractivity contribution in [2.24, 2.45) is 0 Å². The molecular weight excluding hydrogens is 1110 g/mol. The topological polar surface area (TPSA) is 233 Å². The number of aryl methyl sites for hydroxylation is 2. The summed E-state index contributed by atoms with van der Waals surface area (Å²) in [5.41, 5.74) is 3.70. The van der Waals surface area contributed by atoms with Crippen molar-refractivity contribution in [2.75, 3.05) is 78.8 Å². The summed E-state index contributed by atoms with van der Waals surface area (Å²) in [7, 11) is 0. The summed E-state index contributed by atoms with van der Waals surface area (Å²) in [6.45, 7) is 23.1. The number of amides is 3. The van der Waals surface area contributed by atoms with Gasteiger partial charge in [-0.1, -0.05) is 36.4 Å². The molecule has 0 radical (unpaired) electrons. The van der Waals surface area contributed by atoms with Gasteiger partial charge in [-0.05, 0) is 140 Å². The molecule has 0 saturated carbocycles. The fourth-order valence-electron chi connectivity index (χ4n) is 11.6. The summed E-state index contributed by atoms with van der Waals surface area (Å²) in [6, 6.07) is 25.4. The summed E-state index contributed by atoms with van der Waals surface area (Å²) in [4.78, 5) is 85.7. The van der Waals surface area contributed by atoms with Crippen LogP contribution in [0.15, 0.2) is 94.5 Å². The number of carbonyl (C=O) groups excluding carboxylic acids is 3. The van der Waals surface area contributed by atoms with E-state index in [2.05, 4.69) is 15.1 Å². The number of ether oxygens (including phenoxy) is 6. The van der Waals surface area contributed by atoms with Crippen LogP contribution in [0.2, 0.25) is 0 Å². The third kappa shape index (κ3) is 16.3. The molecule has 0 spiro atoms. The number of hydrogen-bond donors (Lipinski definition) is 3. The monoisotopic (exact) mass is 1200 g/mol. The summed E-state index contributed by atoms with van der Waals surface area (Å²) in [6.07, 6.45) is 2.37. The number of piperidine rings is 2. The number of rotatable bonds is 16. The second-order valence-electron chi connectivity index (χ2n) is 24.7. The van der Waals surface area contributed by atoms with E-state index in [4.69, 9.17) is 33.5 Å². The van der Waals surface area contributed by atoms with Crippen LogP contribution in [-0.4, -0.2) is 165 Å². The van der Waals surface area contributed by atoms with Crippen LogP contribution >= 0.6 is 0 Å². The Morgan fingerprint density at radius 1 is 0.552 bits per heavy atom. The molecule has 6 aromatic rings. The second-order valence-corrected chi connectivity index (χ2v) is 24.7. The van der Waals surface area contributed by atoms with Gasteiger partial charge in [-0.2, -0.15) is 0 Å². The standard InChI is InChI=1S/C34H44N4O7.C32H39N3O7/c1-23-5-7-26-27(32(41)35-11-16-39)21-31(40)37(28(26)19-23)15-14-36-12-9-25(10-13-36)38(33(42)45-34(2,3)4)22-24-6-8-29-30(20-24)44-18-17-43-29;1-21-5-7-24-25(30(37)38)19-29(36)34(26(24)17-21)14-13-33-11-9-23(10-12-33)35(31(39)42-32(2,3)4)20-22-6-8-27-28(18-22)41-16-15-40-27/h5-8,19-21,25,39H,9-18,22H2,1-4H3,(H,35,41);5-8,17-19,23H,9-16,20H2,1-4H3,(H,37,38). The number of hydrogen-bond acceptors (Lipinski definition) is 15. The lowest BCUT2D eigenvalue weighted by atomic mass is 10.0. The highest BCUT2D eigenvalue weighted by atomic mass is 16.6. The first-order valence-corrected chi connectivity index (χ1v) is 30.1. The molecule has 4 aromatic carbocycles. The van der Waals surface area contributed by atoms with Crippen LogP contribution in [0, 0.1) is 13.8 Å². The number of aliphatic hydroxyl groups is 1. The van der Waals surface area contributed by atoms with Crippen LogP contribution < -0.4 is 35.4 Å². The van der Waals surface area contributed by atoms with Crippen molar-refractivity contribution in [3.63, 3.8) is 0 Å². The van der Waals surface area contributed by atoms with Gasteiger partial charge in [0.05, 0.1) is 28.8 Å². The van der Waals surface area contributed by atoms with Gasteiger partial charge < -0.3 is 72.7 Å². The van der Waals surface area contributed by atoms with Gasteiger partial charge in [0.2, 0.25) is 0 Å². The van der Waals surface area contributed by atoms with Crippen LogP contribution in [0.4, 0.5) is 9.59 Å². The van der Waals surface area contributed by atoms with Crippen molar-refractivity contribution in [1.29, 1.82) is 0 Å². The maximum atomic E-state index is 13.4. The van der Waals surface area contributed by atoms with Crippen molar-refractivity contribution >= 4 is 45.9 Å². The molecule has 21 heteroatoms. The van der Waals surface area contributed by atoms with E-state index in [-0.39, 0.29) is 60.0 Å². The Kier molecular flexibility index (Phi) is 20.2. The summed E-state index contributed by atoms with van der Waals surface area (Å²) in [5.74, 6) is 1.31. The number of benzene rings is 4. The van der Waals surface area contributed by atoms with Gasteiger partial charge in [-0.25, -0.2) is 14.4 Å². The van der Waals surface area contributed by atoms with Gasteiger partial charge in [-0.3, -0.25) is 14.4 Å². The Balaban J connectivity index is 0.000000208. The lowest BCUT2D eigenvalue weighted by Gasteiger charge is -2.39. The van der Waals surface area contributed by atoms with Gasteiger partial charge in [0.25, 0.3) is 17.0 Å². The predicted octanol–water partition coefficient (Wildman–Crippen LogP) is 8.39. The molecule has 0 bridgehead atoms. The average molecular weight is 1200 g/mol. The molecule has 3 N–H and O–H groups in total. The van der Waals surface area contributed by atoms with Crippen LogP contribution in [0.25, 0.3) is 21.8 Å². The lowest BCUT2D eigenvalue weighted by Crippen LogP contribution is -2.49. The molecule has 6 heterocycles. The molecule has 87 heavy (non-hydrogen) atoms. The maximum absolute atomic E-state index is 13.4.